The highest BCUT2D eigenvalue weighted by Crippen LogP contribution is 2.34. The quantitative estimate of drug-likeness (QED) is 0.585. The molecule has 0 heterocycles. The fourth-order valence-corrected chi connectivity index (χ4v) is 2.19. The van der Waals surface area contributed by atoms with Gasteiger partial charge in [0.05, 0.1) is 7.11 Å². The number of carbonyl (C=O) groups excluding carboxylic acids is 1. The summed E-state index contributed by atoms with van der Waals surface area (Å²) in [6, 6.07) is 12.2. The van der Waals surface area contributed by atoms with Gasteiger partial charge in [-0.15, -0.1) is 5.11 Å². The Morgan fingerprint density at radius 1 is 1.23 bits per heavy atom. The molecule has 2 N–H and O–H groups in total. The fraction of sp³-hybridized carbons (Fsp3) is 0.222. The van der Waals surface area contributed by atoms with Crippen molar-refractivity contribution < 1.29 is 19.4 Å². The van der Waals surface area contributed by atoms with Crippen molar-refractivity contribution >= 4 is 23.3 Å². The molecule has 2 rings (SSSR count). The van der Waals surface area contributed by atoms with Gasteiger partial charge in [0.2, 0.25) is 0 Å². The summed E-state index contributed by atoms with van der Waals surface area (Å²) in [5.41, 5.74) is 2.34. The van der Waals surface area contributed by atoms with E-state index in [1.807, 2.05) is 13.0 Å². The Balaban J connectivity index is 2.22. The molecule has 0 aliphatic carbocycles. The number of likely N-dealkylation sites (N-methyl/N-ethyl adjacent to an activating group) is 1. The summed E-state index contributed by atoms with van der Waals surface area (Å²) in [6.45, 7) is 1.55. The average molecular weight is 356 g/mol. The Labute approximate surface area is 151 Å². The van der Waals surface area contributed by atoms with Gasteiger partial charge in [-0.2, -0.15) is 0 Å². The Kier molecular flexibility index (Phi) is 6.26. The fourth-order valence-electron chi connectivity index (χ4n) is 2.19. The Hall–Kier alpha value is -3.42. The zero-order valence-corrected chi connectivity index (χ0v) is 14.8. The van der Waals surface area contributed by atoms with Gasteiger partial charge in [0.1, 0.15) is 18.0 Å². The van der Waals surface area contributed by atoms with Gasteiger partial charge >= 0.3 is 5.97 Å². The number of benzene rings is 2. The molecule has 136 valence electrons. The highest BCUT2D eigenvalue weighted by Gasteiger charge is 2.12. The lowest BCUT2D eigenvalue weighted by molar-refractivity contribution is -0.138. The van der Waals surface area contributed by atoms with Crippen molar-refractivity contribution in [1.29, 1.82) is 0 Å². The van der Waals surface area contributed by atoms with Gasteiger partial charge in [0.15, 0.2) is 0 Å². The molecule has 0 radical (unpaired) electrons. The highest BCUT2D eigenvalue weighted by atomic mass is 16.5. The molecule has 0 fully saturated rings. The lowest BCUT2D eigenvalue weighted by Crippen LogP contribution is -2.19. The first-order chi connectivity index (χ1) is 12.4. The van der Waals surface area contributed by atoms with E-state index in [1.54, 1.807) is 36.4 Å². The number of amides is 1. The van der Waals surface area contributed by atoms with E-state index in [2.05, 4.69) is 15.7 Å². The van der Waals surface area contributed by atoms with E-state index >= 15 is 0 Å². The van der Waals surface area contributed by atoms with Crippen LogP contribution in [0.5, 0.6) is 5.75 Å². The van der Waals surface area contributed by atoms with E-state index in [0.29, 0.717) is 22.7 Å². The number of methoxy groups -OCH3 is 1. The van der Waals surface area contributed by atoms with Crippen molar-refractivity contribution in [1.82, 2.24) is 5.01 Å². The average Bonchev–Trinajstić information content (AvgIpc) is 2.61. The number of aryl methyl sites for hydroxylation is 1. The van der Waals surface area contributed by atoms with Crippen LogP contribution in [0.15, 0.2) is 52.8 Å². The molecule has 0 aliphatic rings. The van der Waals surface area contributed by atoms with E-state index in [-0.39, 0.29) is 12.5 Å². The molecule has 26 heavy (non-hydrogen) atoms. The molecule has 0 saturated carbocycles. The van der Waals surface area contributed by atoms with Crippen molar-refractivity contribution in [3.8, 4) is 5.75 Å². The maximum absolute atomic E-state index is 12.3. The summed E-state index contributed by atoms with van der Waals surface area (Å²) < 4.78 is 5.30. The van der Waals surface area contributed by atoms with Gasteiger partial charge in [0, 0.05) is 24.4 Å². The minimum absolute atomic E-state index is 0.230. The van der Waals surface area contributed by atoms with Crippen LogP contribution in [0.3, 0.4) is 0 Å². The summed E-state index contributed by atoms with van der Waals surface area (Å²) >= 11 is 0. The number of carbonyl (C=O) groups is 2. The van der Waals surface area contributed by atoms with E-state index < -0.39 is 5.97 Å². The van der Waals surface area contributed by atoms with Crippen molar-refractivity contribution in [2.45, 2.75) is 6.92 Å². The van der Waals surface area contributed by atoms with Crippen molar-refractivity contribution in [3.05, 3.63) is 53.6 Å². The zero-order valence-electron chi connectivity index (χ0n) is 14.8. The topological polar surface area (TPSA) is 104 Å². The maximum atomic E-state index is 12.3. The van der Waals surface area contributed by atoms with Crippen LogP contribution in [0.2, 0.25) is 0 Å². The first kappa shape index (κ1) is 18.9. The monoisotopic (exact) mass is 356 g/mol. The number of hydrogen-bond donors (Lipinski definition) is 2. The molecule has 0 saturated heterocycles. The second-order valence-corrected chi connectivity index (χ2v) is 5.56. The number of carboxylic acids is 1. The van der Waals surface area contributed by atoms with E-state index in [1.165, 1.54) is 19.2 Å². The number of rotatable bonds is 7. The molecule has 1 amide bonds. The molecule has 8 nitrogen and oxygen atoms in total. The van der Waals surface area contributed by atoms with Gasteiger partial charge in [-0.25, -0.2) is 0 Å². The minimum atomic E-state index is -1.01. The van der Waals surface area contributed by atoms with Crippen LogP contribution in [0.4, 0.5) is 11.4 Å². The van der Waals surface area contributed by atoms with Gasteiger partial charge < -0.3 is 15.2 Å². The number of nitrogens with zero attached hydrogens (tertiary/aromatic N) is 3. The number of anilines is 1. The molecule has 0 spiro atoms. The summed E-state index contributed by atoms with van der Waals surface area (Å²) in [5, 5.41) is 20.6. The van der Waals surface area contributed by atoms with Gasteiger partial charge in [-0.1, -0.05) is 23.4 Å². The highest BCUT2D eigenvalue weighted by molar-refractivity contribution is 6.04. The first-order valence-corrected chi connectivity index (χ1v) is 7.80. The molecule has 8 heteroatoms. The molecule has 0 aliphatic heterocycles. The molecule has 0 atom stereocenters. The molecule has 0 bridgehead atoms. The summed E-state index contributed by atoms with van der Waals surface area (Å²) in [7, 11) is 2.98. The molecule has 2 aromatic rings. The van der Waals surface area contributed by atoms with Crippen LogP contribution in [0.25, 0.3) is 0 Å². The van der Waals surface area contributed by atoms with Crippen LogP contribution < -0.4 is 10.1 Å². The third-order valence-corrected chi connectivity index (χ3v) is 3.48. The van der Waals surface area contributed by atoms with E-state index in [9.17, 15) is 9.59 Å². The number of aliphatic carboxylic acids is 1. The van der Waals surface area contributed by atoms with Crippen LogP contribution in [-0.2, 0) is 4.79 Å². The van der Waals surface area contributed by atoms with Crippen molar-refractivity contribution in [2.75, 3.05) is 26.0 Å². The number of ether oxygens (including phenoxy) is 1. The maximum Gasteiger partial charge on any atom is 0.324 e. The van der Waals surface area contributed by atoms with Crippen LogP contribution in [-0.4, -0.2) is 42.7 Å². The summed E-state index contributed by atoms with van der Waals surface area (Å²) in [4.78, 5) is 23.0. The van der Waals surface area contributed by atoms with Crippen molar-refractivity contribution in [2.24, 2.45) is 10.3 Å². The van der Waals surface area contributed by atoms with Crippen molar-refractivity contribution in [3.63, 3.8) is 0 Å². The lowest BCUT2D eigenvalue weighted by atomic mass is 10.1. The Morgan fingerprint density at radius 3 is 2.54 bits per heavy atom. The van der Waals surface area contributed by atoms with E-state index in [0.717, 1.165) is 5.56 Å². The molecular formula is C18H20N4O4. The Morgan fingerprint density at radius 2 is 1.92 bits per heavy atom. The van der Waals surface area contributed by atoms with Crippen LogP contribution in [0, 0.1) is 6.92 Å². The van der Waals surface area contributed by atoms with E-state index in [4.69, 9.17) is 9.84 Å². The molecular weight excluding hydrogens is 336 g/mol. The molecule has 0 unspecified atom stereocenters. The lowest BCUT2D eigenvalue weighted by Gasteiger charge is -2.13. The zero-order chi connectivity index (χ0) is 19.1. The third-order valence-electron chi connectivity index (χ3n) is 3.48. The SMILES string of the molecule is COc1cc(NC(=O)c2ccccc2)c(C)cc1N=NN(C)CC(=O)O. The molecule has 0 aromatic heterocycles. The first-order valence-electron chi connectivity index (χ1n) is 7.80. The minimum Gasteiger partial charge on any atom is -0.494 e. The predicted molar refractivity (Wildman–Crippen MR) is 96.9 cm³/mol. The smallest absolute Gasteiger partial charge is 0.324 e. The second kappa shape index (κ2) is 8.61. The number of nitrogens with one attached hydrogen (secondary N) is 1. The van der Waals surface area contributed by atoms with Gasteiger partial charge in [-0.3, -0.25) is 14.6 Å². The van der Waals surface area contributed by atoms with Crippen LogP contribution in [0.1, 0.15) is 15.9 Å². The third kappa shape index (κ3) is 5.04. The summed E-state index contributed by atoms with van der Waals surface area (Å²) in [5.74, 6) is -0.827. The Bertz CT molecular complexity index is 821. The van der Waals surface area contributed by atoms with Gasteiger partial charge in [0.25, 0.3) is 5.91 Å². The number of carboxylic acid groups (broad SMARTS) is 1. The number of hydrogen-bond acceptors (Lipinski definition) is 5. The summed E-state index contributed by atoms with van der Waals surface area (Å²) in [6.07, 6.45) is 0. The normalized spacial score (nSPS) is 10.6. The largest absolute Gasteiger partial charge is 0.494 e. The van der Waals surface area contributed by atoms with Gasteiger partial charge in [-0.05, 0) is 30.7 Å². The molecule has 2 aromatic carbocycles. The predicted octanol–water partition coefficient (Wildman–Crippen LogP) is 3.27. The van der Waals surface area contributed by atoms with Crippen LogP contribution >= 0.6 is 0 Å². The standard InChI is InChI=1S/C18H20N4O4/c1-12-9-15(20-21-22(2)11-17(23)24)16(26-3)10-14(12)19-18(25)13-7-5-4-6-8-13/h4-10H,11H2,1-3H3,(H,19,25)(H,23,24). The second-order valence-electron chi connectivity index (χ2n) is 5.56.